The van der Waals surface area contributed by atoms with Crippen molar-refractivity contribution >= 4 is 0 Å². The van der Waals surface area contributed by atoms with Gasteiger partial charge in [0, 0.05) is 31.8 Å². The van der Waals surface area contributed by atoms with E-state index in [1.807, 2.05) is 31.2 Å². The minimum absolute atomic E-state index is 0.331. The van der Waals surface area contributed by atoms with Crippen LogP contribution in [0, 0.1) is 6.92 Å². The maximum atomic E-state index is 10.4. The molecule has 0 spiro atoms. The van der Waals surface area contributed by atoms with Crippen molar-refractivity contribution in [3.8, 4) is 5.75 Å². The van der Waals surface area contributed by atoms with E-state index in [2.05, 4.69) is 18.7 Å². The molecule has 4 heteroatoms. The summed E-state index contributed by atoms with van der Waals surface area (Å²) in [7, 11) is 0. The van der Waals surface area contributed by atoms with Gasteiger partial charge in [0.25, 0.3) is 0 Å². The summed E-state index contributed by atoms with van der Waals surface area (Å²) in [5, 5.41) is 10.4. The van der Waals surface area contributed by atoms with Crippen molar-refractivity contribution in [2.24, 2.45) is 0 Å². The molecule has 0 radical (unpaired) electrons. The molecule has 4 nitrogen and oxygen atoms in total. The molecule has 1 aromatic rings. The highest BCUT2D eigenvalue weighted by Gasteiger charge is 2.25. The molecule has 1 aromatic carbocycles. The van der Waals surface area contributed by atoms with Crippen LogP contribution in [0.25, 0.3) is 0 Å². The Kier molecular flexibility index (Phi) is 6.68. The van der Waals surface area contributed by atoms with Gasteiger partial charge in [-0.2, -0.15) is 0 Å². The number of hydrogen-bond acceptors (Lipinski definition) is 4. The van der Waals surface area contributed by atoms with Crippen LogP contribution in [0.3, 0.4) is 0 Å². The minimum Gasteiger partial charge on any atom is -0.491 e. The zero-order valence-electron chi connectivity index (χ0n) is 14.0. The zero-order valence-corrected chi connectivity index (χ0v) is 14.0. The lowest BCUT2D eigenvalue weighted by Gasteiger charge is -2.38. The van der Waals surface area contributed by atoms with E-state index in [4.69, 9.17) is 9.47 Å². The van der Waals surface area contributed by atoms with Crippen LogP contribution in [0.15, 0.2) is 24.3 Å². The average molecular weight is 307 g/mol. The summed E-state index contributed by atoms with van der Waals surface area (Å²) < 4.78 is 11.2. The first-order valence-electron chi connectivity index (χ1n) is 8.28. The van der Waals surface area contributed by atoms with Crippen molar-refractivity contribution < 1.29 is 14.6 Å². The Bertz CT molecular complexity index is 444. The highest BCUT2D eigenvalue weighted by Crippen LogP contribution is 2.19. The van der Waals surface area contributed by atoms with Crippen LogP contribution < -0.4 is 4.74 Å². The smallest absolute Gasteiger partial charge is 0.122 e. The SMILES string of the molecule is Cc1ccccc1OCC(O)CN(C(C)C)C1CCOCC1. The maximum absolute atomic E-state index is 10.4. The lowest BCUT2D eigenvalue weighted by molar-refractivity contribution is -0.00755. The molecule has 22 heavy (non-hydrogen) atoms. The Morgan fingerprint density at radius 3 is 2.59 bits per heavy atom. The Balaban J connectivity index is 1.85. The number of nitrogens with zero attached hydrogens (tertiary/aromatic N) is 1. The standard InChI is InChI=1S/C18H29NO3/c1-14(2)19(16-8-10-21-11-9-16)12-17(20)13-22-18-7-5-4-6-15(18)3/h4-7,14,16-17,20H,8-13H2,1-3H3. The largest absolute Gasteiger partial charge is 0.491 e. The van der Waals surface area contributed by atoms with E-state index in [1.54, 1.807) is 0 Å². The van der Waals surface area contributed by atoms with Crippen molar-refractivity contribution in [1.82, 2.24) is 4.90 Å². The fourth-order valence-corrected chi connectivity index (χ4v) is 3.00. The molecule has 0 amide bonds. The summed E-state index contributed by atoms with van der Waals surface area (Å²) in [5.74, 6) is 0.851. The van der Waals surface area contributed by atoms with Crippen molar-refractivity contribution in [1.29, 1.82) is 0 Å². The van der Waals surface area contributed by atoms with Gasteiger partial charge in [-0.3, -0.25) is 4.90 Å². The molecule has 1 atom stereocenters. The molecule has 0 aromatic heterocycles. The van der Waals surface area contributed by atoms with Gasteiger partial charge in [-0.25, -0.2) is 0 Å². The number of benzene rings is 1. The van der Waals surface area contributed by atoms with Crippen LogP contribution in [-0.4, -0.2) is 54.6 Å². The second-order valence-corrected chi connectivity index (χ2v) is 6.36. The predicted octanol–water partition coefficient (Wildman–Crippen LogP) is 2.62. The third kappa shape index (κ3) is 4.97. The molecular formula is C18H29NO3. The van der Waals surface area contributed by atoms with Crippen LogP contribution >= 0.6 is 0 Å². The van der Waals surface area contributed by atoms with Gasteiger partial charge in [0.1, 0.15) is 18.5 Å². The number of aliphatic hydroxyl groups excluding tert-OH is 1. The highest BCUT2D eigenvalue weighted by atomic mass is 16.5. The quantitative estimate of drug-likeness (QED) is 0.841. The number of aliphatic hydroxyl groups is 1. The normalized spacial score (nSPS) is 17.9. The maximum Gasteiger partial charge on any atom is 0.122 e. The number of rotatable bonds is 7. The topological polar surface area (TPSA) is 41.9 Å². The van der Waals surface area contributed by atoms with Crippen LogP contribution in [0.1, 0.15) is 32.3 Å². The van der Waals surface area contributed by atoms with Gasteiger partial charge in [-0.1, -0.05) is 18.2 Å². The van der Waals surface area contributed by atoms with Gasteiger partial charge in [-0.15, -0.1) is 0 Å². The van der Waals surface area contributed by atoms with Crippen molar-refractivity contribution in [2.75, 3.05) is 26.4 Å². The Morgan fingerprint density at radius 1 is 1.27 bits per heavy atom. The Morgan fingerprint density at radius 2 is 1.95 bits per heavy atom. The van der Waals surface area contributed by atoms with Crippen molar-refractivity contribution in [3.63, 3.8) is 0 Å². The lowest BCUT2D eigenvalue weighted by atomic mass is 10.0. The molecule has 1 N–H and O–H groups in total. The Hall–Kier alpha value is -1.10. The molecule has 1 fully saturated rings. The van der Waals surface area contributed by atoms with E-state index in [9.17, 15) is 5.11 Å². The first-order valence-corrected chi connectivity index (χ1v) is 8.28. The fraction of sp³-hybridized carbons (Fsp3) is 0.667. The molecule has 0 saturated carbocycles. The summed E-state index contributed by atoms with van der Waals surface area (Å²) in [6, 6.07) is 8.82. The van der Waals surface area contributed by atoms with Crippen molar-refractivity contribution in [2.45, 2.75) is 51.8 Å². The summed E-state index contributed by atoms with van der Waals surface area (Å²) in [6.45, 7) is 9.01. The second kappa shape index (κ2) is 8.51. The number of ether oxygens (including phenoxy) is 2. The van der Waals surface area contributed by atoms with Gasteiger partial charge >= 0.3 is 0 Å². The van der Waals surface area contributed by atoms with E-state index in [1.165, 1.54) is 0 Å². The molecule has 124 valence electrons. The molecule has 1 heterocycles. The lowest BCUT2D eigenvalue weighted by Crippen LogP contribution is -2.48. The molecule has 1 aliphatic heterocycles. The van der Waals surface area contributed by atoms with Gasteiger partial charge in [0.05, 0.1) is 0 Å². The zero-order chi connectivity index (χ0) is 15.9. The van der Waals surface area contributed by atoms with E-state index < -0.39 is 6.10 Å². The first-order chi connectivity index (χ1) is 10.6. The van der Waals surface area contributed by atoms with E-state index in [0.717, 1.165) is 37.4 Å². The van der Waals surface area contributed by atoms with Gasteiger partial charge in [0.15, 0.2) is 0 Å². The van der Waals surface area contributed by atoms with E-state index >= 15 is 0 Å². The number of para-hydroxylation sites is 1. The highest BCUT2D eigenvalue weighted by molar-refractivity contribution is 5.31. The number of aryl methyl sites for hydroxylation is 1. The molecule has 2 rings (SSSR count). The van der Waals surface area contributed by atoms with Crippen molar-refractivity contribution in [3.05, 3.63) is 29.8 Å². The van der Waals surface area contributed by atoms with Crippen LogP contribution in [0.2, 0.25) is 0 Å². The monoisotopic (exact) mass is 307 g/mol. The summed E-state index contributed by atoms with van der Waals surface area (Å²) in [5.41, 5.74) is 1.10. The summed E-state index contributed by atoms with van der Waals surface area (Å²) >= 11 is 0. The third-order valence-corrected chi connectivity index (χ3v) is 4.27. The Labute approximate surface area is 134 Å². The molecule has 1 unspecified atom stereocenters. The fourth-order valence-electron chi connectivity index (χ4n) is 3.00. The van der Waals surface area contributed by atoms with E-state index in [0.29, 0.717) is 25.2 Å². The first kappa shape index (κ1) is 17.3. The van der Waals surface area contributed by atoms with Crippen LogP contribution in [0.5, 0.6) is 5.75 Å². The summed E-state index contributed by atoms with van der Waals surface area (Å²) in [4.78, 5) is 2.38. The average Bonchev–Trinajstić information content (AvgIpc) is 2.52. The van der Waals surface area contributed by atoms with Gasteiger partial charge in [0.2, 0.25) is 0 Å². The van der Waals surface area contributed by atoms with Gasteiger partial charge < -0.3 is 14.6 Å². The molecule has 0 aliphatic carbocycles. The second-order valence-electron chi connectivity index (χ2n) is 6.36. The van der Waals surface area contributed by atoms with Crippen LogP contribution in [0.4, 0.5) is 0 Å². The van der Waals surface area contributed by atoms with Crippen LogP contribution in [-0.2, 0) is 4.74 Å². The molecular weight excluding hydrogens is 278 g/mol. The number of hydrogen-bond donors (Lipinski definition) is 1. The molecule has 1 saturated heterocycles. The minimum atomic E-state index is -0.482. The molecule has 0 bridgehead atoms. The predicted molar refractivity (Wildman–Crippen MR) is 88.4 cm³/mol. The van der Waals surface area contributed by atoms with E-state index in [-0.39, 0.29) is 0 Å². The summed E-state index contributed by atoms with van der Waals surface area (Å²) in [6.07, 6.45) is 1.61. The third-order valence-electron chi connectivity index (χ3n) is 4.27. The molecule has 1 aliphatic rings. The van der Waals surface area contributed by atoms with Gasteiger partial charge in [-0.05, 0) is 45.2 Å².